The number of para-hydroxylation sites is 1. The highest BCUT2D eigenvalue weighted by Gasteiger charge is 2.11. The highest BCUT2D eigenvalue weighted by molar-refractivity contribution is 5.92. The molecule has 138 valence electrons. The normalized spacial score (nSPS) is 10.5. The zero-order chi connectivity index (χ0) is 19.1. The maximum atomic E-state index is 13.4. The molecule has 1 amide bonds. The number of carbonyl (C=O) groups is 2. The number of halogens is 1. The van der Waals surface area contributed by atoms with Gasteiger partial charge in [0.05, 0.1) is 5.69 Å². The number of carbonyl (C=O) groups excluding carboxylic acids is 2. The van der Waals surface area contributed by atoms with Crippen LogP contribution in [0, 0.1) is 12.7 Å². The van der Waals surface area contributed by atoms with Crippen molar-refractivity contribution in [2.24, 2.45) is 0 Å². The third-order valence-electron chi connectivity index (χ3n) is 3.73. The van der Waals surface area contributed by atoms with Crippen LogP contribution in [0.2, 0.25) is 0 Å². The van der Waals surface area contributed by atoms with E-state index in [2.05, 4.69) is 19.2 Å². The van der Waals surface area contributed by atoms with Crippen molar-refractivity contribution in [3.63, 3.8) is 0 Å². The average molecular weight is 359 g/mol. The molecule has 6 heteroatoms. The second-order valence-electron chi connectivity index (χ2n) is 6.15. The van der Waals surface area contributed by atoms with Gasteiger partial charge in [-0.15, -0.1) is 0 Å². The Morgan fingerprint density at radius 1 is 1.12 bits per heavy atom. The zero-order valence-electron chi connectivity index (χ0n) is 15.0. The Hall–Kier alpha value is -2.89. The van der Waals surface area contributed by atoms with Gasteiger partial charge in [-0.05, 0) is 48.2 Å². The first-order chi connectivity index (χ1) is 12.4. The first-order valence-electron chi connectivity index (χ1n) is 8.30. The average Bonchev–Trinajstić information content (AvgIpc) is 2.60. The van der Waals surface area contributed by atoms with Gasteiger partial charge in [0, 0.05) is 0 Å². The highest BCUT2D eigenvalue weighted by atomic mass is 19.1. The molecule has 0 aromatic heterocycles. The fourth-order valence-corrected chi connectivity index (χ4v) is 2.46. The summed E-state index contributed by atoms with van der Waals surface area (Å²) in [6.07, 6.45) is 0. The van der Waals surface area contributed by atoms with Crippen LogP contribution in [0.5, 0.6) is 5.75 Å². The molecule has 0 atom stereocenters. The summed E-state index contributed by atoms with van der Waals surface area (Å²) in [5.41, 5.74) is 2.32. The summed E-state index contributed by atoms with van der Waals surface area (Å²) in [5, 5.41) is 2.33. The van der Waals surface area contributed by atoms with Gasteiger partial charge in [0.25, 0.3) is 5.91 Å². The Balaban J connectivity index is 1.78. The lowest BCUT2D eigenvalue weighted by Gasteiger charge is -2.12. The summed E-state index contributed by atoms with van der Waals surface area (Å²) in [7, 11) is 0. The molecule has 5 nitrogen and oxygen atoms in total. The highest BCUT2D eigenvalue weighted by Crippen LogP contribution is 2.23. The Bertz CT molecular complexity index is 789. The molecular weight excluding hydrogens is 337 g/mol. The SMILES string of the molecule is Cc1cc(OCC(=O)OCC(=O)Nc2ccccc2F)ccc1C(C)C. The molecule has 2 aromatic rings. The first-order valence-corrected chi connectivity index (χ1v) is 8.30. The predicted molar refractivity (Wildman–Crippen MR) is 96.8 cm³/mol. The second-order valence-corrected chi connectivity index (χ2v) is 6.15. The van der Waals surface area contributed by atoms with E-state index in [9.17, 15) is 14.0 Å². The van der Waals surface area contributed by atoms with E-state index in [1.165, 1.54) is 23.8 Å². The number of benzene rings is 2. The molecule has 0 bridgehead atoms. The maximum absolute atomic E-state index is 13.4. The minimum Gasteiger partial charge on any atom is -0.482 e. The Morgan fingerprint density at radius 3 is 2.50 bits per heavy atom. The van der Waals surface area contributed by atoms with Gasteiger partial charge < -0.3 is 14.8 Å². The van der Waals surface area contributed by atoms with Crippen LogP contribution in [0.15, 0.2) is 42.5 Å². The van der Waals surface area contributed by atoms with E-state index in [1.807, 2.05) is 19.1 Å². The molecule has 0 radical (unpaired) electrons. The van der Waals surface area contributed by atoms with Crippen molar-refractivity contribution >= 4 is 17.6 Å². The molecule has 1 N–H and O–H groups in total. The van der Waals surface area contributed by atoms with E-state index in [0.29, 0.717) is 11.7 Å². The van der Waals surface area contributed by atoms with Crippen molar-refractivity contribution in [2.45, 2.75) is 26.7 Å². The quantitative estimate of drug-likeness (QED) is 0.764. The number of hydrogen-bond acceptors (Lipinski definition) is 4. The first kappa shape index (κ1) is 19.4. The van der Waals surface area contributed by atoms with Crippen molar-refractivity contribution in [1.82, 2.24) is 0 Å². The van der Waals surface area contributed by atoms with Gasteiger partial charge in [0.15, 0.2) is 13.2 Å². The molecule has 2 rings (SSSR count). The van der Waals surface area contributed by atoms with Crippen LogP contribution in [0.1, 0.15) is 30.9 Å². The van der Waals surface area contributed by atoms with E-state index in [4.69, 9.17) is 9.47 Å². The lowest BCUT2D eigenvalue weighted by Crippen LogP contribution is -2.24. The number of hydrogen-bond donors (Lipinski definition) is 1. The third kappa shape index (κ3) is 5.58. The van der Waals surface area contributed by atoms with E-state index in [-0.39, 0.29) is 12.3 Å². The van der Waals surface area contributed by atoms with Gasteiger partial charge in [-0.2, -0.15) is 0 Å². The van der Waals surface area contributed by atoms with Crippen molar-refractivity contribution < 1.29 is 23.5 Å². The monoisotopic (exact) mass is 359 g/mol. The van der Waals surface area contributed by atoms with Gasteiger partial charge in [0.2, 0.25) is 0 Å². The number of amides is 1. The van der Waals surface area contributed by atoms with Crippen LogP contribution in [-0.2, 0) is 14.3 Å². The molecule has 0 aliphatic rings. The smallest absolute Gasteiger partial charge is 0.344 e. The second kappa shape index (κ2) is 8.99. The minimum atomic E-state index is -0.681. The predicted octanol–water partition coefficient (Wildman–Crippen LogP) is 3.82. The largest absolute Gasteiger partial charge is 0.482 e. The summed E-state index contributed by atoms with van der Waals surface area (Å²) < 4.78 is 23.6. The van der Waals surface area contributed by atoms with Crippen molar-refractivity contribution in [3.8, 4) is 5.75 Å². The van der Waals surface area contributed by atoms with Crippen molar-refractivity contribution in [2.75, 3.05) is 18.5 Å². The number of ether oxygens (including phenoxy) is 2. The number of esters is 1. The molecule has 0 saturated heterocycles. The number of anilines is 1. The Labute approximate surface area is 152 Å². The summed E-state index contributed by atoms with van der Waals surface area (Å²) in [6.45, 7) is 5.36. The molecule has 0 heterocycles. The zero-order valence-corrected chi connectivity index (χ0v) is 15.0. The van der Waals surface area contributed by atoms with Gasteiger partial charge in [-0.1, -0.05) is 32.0 Å². The summed E-state index contributed by atoms with van der Waals surface area (Å²) in [4.78, 5) is 23.4. The number of nitrogens with one attached hydrogen (secondary N) is 1. The summed E-state index contributed by atoms with van der Waals surface area (Å²) in [6, 6.07) is 11.3. The molecule has 0 aliphatic carbocycles. The van der Waals surface area contributed by atoms with Crippen LogP contribution in [0.4, 0.5) is 10.1 Å². The molecule has 0 fully saturated rings. The van der Waals surface area contributed by atoms with Gasteiger partial charge >= 0.3 is 5.97 Å². The molecule has 26 heavy (non-hydrogen) atoms. The summed E-state index contributed by atoms with van der Waals surface area (Å²) in [5.74, 6) is -0.905. The van der Waals surface area contributed by atoms with Crippen LogP contribution < -0.4 is 10.1 Å². The molecule has 0 saturated carbocycles. The fraction of sp³-hybridized carbons (Fsp3) is 0.300. The number of rotatable bonds is 7. The van der Waals surface area contributed by atoms with Gasteiger partial charge in [0.1, 0.15) is 11.6 Å². The maximum Gasteiger partial charge on any atom is 0.344 e. The van der Waals surface area contributed by atoms with Crippen LogP contribution >= 0.6 is 0 Å². The minimum absolute atomic E-state index is 0.0329. The molecular formula is C20H22FNO4. The van der Waals surface area contributed by atoms with Crippen molar-refractivity contribution in [1.29, 1.82) is 0 Å². The lowest BCUT2D eigenvalue weighted by atomic mass is 9.98. The molecule has 0 spiro atoms. The van der Waals surface area contributed by atoms with E-state index < -0.39 is 24.3 Å². The standard InChI is InChI=1S/C20H22FNO4/c1-13(2)16-9-8-15(10-14(16)3)25-12-20(24)26-11-19(23)22-18-7-5-4-6-17(18)21/h4-10,13H,11-12H2,1-3H3,(H,22,23). The lowest BCUT2D eigenvalue weighted by molar-refractivity contribution is -0.149. The Kier molecular flexibility index (Phi) is 6.72. The van der Waals surface area contributed by atoms with Crippen molar-refractivity contribution in [3.05, 3.63) is 59.4 Å². The molecule has 2 aromatic carbocycles. The Morgan fingerprint density at radius 2 is 1.85 bits per heavy atom. The van der Waals surface area contributed by atoms with E-state index >= 15 is 0 Å². The molecule has 0 unspecified atom stereocenters. The van der Waals surface area contributed by atoms with Gasteiger partial charge in [-0.3, -0.25) is 4.79 Å². The third-order valence-corrected chi connectivity index (χ3v) is 3.73. The number of aryl methyl sites for hydroxylation is 1. The molecule has 0 aliphatic heterocycles. The van der Waals surface area contributed by atoms with E-state index in [1.54, 1.807) is 12.1 Å². The summed E-state index contributed by atoms with van der Waals surface area (Å²) >= 11 is 0. The van der Waals surface area contributed by atoms with Crippen LogP contribution in [0.25, 0.3) is 0 Å². The topological polar surface area (TPSA) is 64.6 Å². The fourth-order valence-electron chi connectivity index (χ4n) is 2.46. The van der Waals surface area contributed by atoms with Crippen LogP contribution in [0.3, 0.4) is 0 Å². The van der Waals surface area contributed by atoms with Gasteiger partial charge in [-0.25, -0.2) is 9.18 Å². The van der Waals surface area contributed by atoms with E-state index in [0.717, 1.165) is 5.56 Å². The van der Waals surface area contributed by atoms with Crippen LogP contribution in [-0.4, -0.2) is 25.1 Å².